The number of alkyl halides is 1. The van der Waals surface area contributed by atoms with Gasteiger partial charge in [0.15, 0.2) is 11.5 Å². The molecule has 1 heterocycles. The molecule has 0 amide bonds. The summed E-state index contributed by atoms with van der Waals surface area (Å²) in [4.78, 5) is 23.5. The second-order valence-corrected chi connectivity index (χ2v) is 5.11. The Kier molecular flexibility index (Phi) is 4.02. The van der Waals surface area contributed by atoms with E-state index in [1.165, 1.54) is 13.0 Å². The van der Waals surface area contributed by atoms with Crippen LogP contribution in [0.3, 0.4) is 0 Å². The van der Waals surface area contributed by atoms with Crippen LogP contribution in [0.5, 0.6) is 0 Å². The molecule has 0 spiro atoms. The molecule has 1 unspecified atom stereocenters. The third-order valence-electron chi connectivity index (χ3n) is 3.40. The van der Waals surface area contributed by atoms with Gasteiger partial charge in [-0.15, -0.1) is 0 Å². The van der Waals surface area contributed by atoms with Crippen molar-refractivity contribution in [2.24, 2.45) is 0 Å². The number of rotatable bonds is 6. The lowest BCUT2D eigenvalue weighted by Crippen LogP contribution is -2.28. The van der Waals surface area contributed by atoms with Crippen molar-refractivity contribution in [3.63, 3.8) is 0 Å². The lowest BCUT2D eigenvalue weighted by molar-refractivity contribution is -0.132. The fraction of sp³-hybridized carbons (Fsp3) is 0.375. The summed E-state index contributed by atoms with van der Waals surface area (Å²) in [5, 5.41) is 0. The first-order valence-corrected chi connectivity index (χ1v) is 6.72. The first-order chi connectivity index (χ1) is 9.45. The molecule has 0 saturated carbocycles. The van der Waals surface area contributed by atoms with E-state index in [-0.39, 0.29) is 6.42 Å². The van der Waals surface area contributed by atoms with E-state index in [1.54, 1.807) is 18.2 Å². The van der Waals surface area contributed by atoms with Gasteiger partial charge in [-0.1, -0.05) is 31.9 Å². The maximum Gasteiger partial charge on any atom is 0.344 e. The Morgan fingerprint density at radius 2 is 2.25 bits per heavy atom. The summed E-state index contributed by atoms with van der Waals surface area (Å²) in [6.07, 6.45) is 9.32. The van der Waals surface area contributed by atoms with Gasteiger partial charge in [-0.2, -0.15) is 0 Å². The zero-order chi connectivity index (χ0) is 14.8. The van der Waals surface area contributed by atoms with Crippen LogP contribution in [0.15, 0.2) is 47.3 Å². The van der Waals surface area contributed by atoms with E-state index >= 15 is 0 Å². The second kappa shape index (κ2) is 5.57. The Labute approximate surface area is 117 Å². The summed E-state index contributed by atoms with van der Waals surface area (Å²) in [5.74, 6) is -0.642. The highest BCUT2D eigenvalue weighted by Gasteiger charge is 2.32. The summed E-state index contributed by atoms with van der Waals surface area (Å²) in [6.45, 7) is 3.22. The van der Waals surface area contributed by atoms with Gasteiger partial charge in [-0.05, 0) is 31.6 Å². The summed E-state index contributed by atoms with van der Waals surface area (Å²) >= 11 is 0. The molecule has 1 aliphatic carbocycles. The van der Waals surface area contributed by atoms with Crippen LogP contribution in [0, 0.1) is 0 Å². The number of hydrogen-bond donors (Lipinski definition) is 0. The van der Waals surface area contributed by atoms with E-state index in [0.717, 1.165) is 12.5 Å². The Hall–Kier alpha value is -1.97. The average Bonchev–Trinajstić information content (AvgIpc) is 2.94. The molecular formula is C16H17FO3. The number of hydrogen-bond acceptors (Lipinski definition) is 3. The van der Waals surface area contributed by atoms with E-state index in [9.17, 15) is 14.0 Å². The van der Waals surface area contributed by atoms with Gasteiger partial charge in [-0.3, -0.25) is 4.79 Å². The molecule has 0 aromatic heterocycles. The average molecular weight is 276 g/mol. The lowest BCUT2D eigenvalue weighted by Gasteiger charge is -2.16. The number of ketones is 1. The van der Waals surface area contributed by atoms with Crippen molar-refractivity contribution in [3.05, 3.63) is 47.3 Å². The SMILES string of the molecule is CCCCC(C)(F)C(=O)C=CC1=C2C=CC=C2OC1=O. The van der Waals surface area contributed by atoms with Crippen LogP contribution in [0.4, 0.5) is 4.39 Å². The number of unbranched alkanes of at least 4 members (excludes halogenated alkanes) is 1. The first kappa shape index (κ1) is 14.4. The Morgan fingerprint density at radius 1 is 1.50 bits per heavy atom. The Bertz CT molecular complexity index is 562. The number of carbonyl (C=O) groups is 2. The van der Waals surface area contributed by atoms with E-state index in [2.05, 4.69) is 0 Å². The van der Waals surface area contributed by atoms with E-state index in [4.69, 9.17) is 4.74 Å². The highest BCUT2D eigenvalue weighted by molar-refractivity contribution is 6.02. The molecule has 0 radical (unpaired) electrons. The molecular weight excluding hydrogens is 259 g/mol. The van der Waals surface area contributed by atoms with Gasteiger partial charge >= 0.3 is 5.97 Å². The van der Waals surface area contributed by atoms with Crippen molar-refractivity contribution in [1.29, 1.82) is 0 Å². The van der Waals surface area contributed by atoms with E-state index in [1.807, 2.05) is 6.92 Å². The molecule has 106 valence electrons. The molecule has 2 aliphatic rings. The van der Waals surface area contributed by atoms with Crippen LogP contribution in [0.2, 0.25) is 0 Å². The summed E-state index contributed by atoms with van der Waals surface area (Å²) < 4.78 is 19.2. The first-order valence-electron chi connectivity index (χ1n) is 6.72. The van der Waals surface area contributed by atoms with Gasteiger partial charge < -0.3 is 4.74 Å². The zero-order valence-corrected chi connectivity index (χ0v) is 11.6. The predicted octanol–water partition coefficient (Wildman–Crippen LogP) is 3.34. The largest absolute Gasteiger partial charge is 0.422 e. The minimum Gasteiger partial charge on any atom is -0.422 e. The maximum absolute atomic E-state index is 14.2. The molecule has 0 fully saturated rings. The van der Waals surface area contributed by atoms with Crippen molar-refractivity contribution in [2.45, 2.75) is 38.8 Å². The standard InChI is InChI=1S/C16H17FO3/c1-3-4-10-16(2,17)14(18)9-8-12-11-6-5-7-13(11)20-15(12)19/h5-9H,3-4,10H2,1-2H3. The van der Waals surface area contributed by atoms with Crippen molar-refractivity contribution >= 4 is 11.8 Å². The zero-order valence-electron chi connectivity index (χ0n) is 11.6. The Balaban J connectivity index is 2.12. The topological polar surface area (TPSA) is 43.4 Å². The Morgan fingerprint density at radius 3 is 2.95 bits per heavy atom. The number of ether oxygens (including phenoxy) is 1. The van der Waals surface area contributed by atoms with Crippen molar-refractivity contribution < 1.29 is 18.7 Å². The van der Waals surface area contributed by atoms with Gasteiger partial charge in [0.05, 0.1) is 5.57 Å². The van der Waals surface area contributed by atoms with Crippen LogP contribution < -0.4 is 0 Å². The molecule has 1 aliphatic heterocycles. The third-order valence-corrected chi connectivity index (χ3v) is 3.40. The quantitative estimate of drug-likeness (QED) is 0.552. The minimum absolute atomic E-state index is 0.189. The third kappa shape index (κ3) is 2.79. The van der Waals surface area contributed by atoms with Crippen LogP contribution in [-0.2, 0) is 14.3 Å². The van der Waals surface area contributed by atoms with Crippen molar-refractivity contribution in [3.8, 4) is 0 Å². The molecule has 4 heteroatoms. The molecule has 2 rings (SSSR count). The van der Waals surface area contributed by atoms with E-state index in [0.29, 0.717) is 23.3 Å². The highest BCUT2D eigenvalue weighted by atomic mass is 19.1. The minimum atomic E-state index is -1.88. The maximum atomic E-state index is 14.2. The predicted molar refractivity (Wildman–Crippen MR) is 73.5 cm³/mol. The summed E-state index contributed by atoms with van der Waals surface area (Å²) in [5.41, 5.74) is -0.942. The number of halogens is 1. The van der Waals surface area contributed by atoms with Crippen LogP contribution in [0.1, 0.15) is 33.1 Å². The van der Waals surface area contributed by atoms with Crippen LogP contribution in [0.25, 0.3) is 0 Å². The fourth-order valence-corrected chi connectivity index (χ4v) is 2.10. The number of carbonyl (C=O) groups excluding carboxylic acids is 2. The molecule has 0 aromatic carbocycles. The molecule has 0 bridgehead atoms. The van der Waals surface area contributed by atoms with Gasteiger partial charge in [0, 0.05) is 5.57 Å². The van der Waals surface area contributed by atoms with Crippen molar-refractivity contribution in [1.82, 2.24) is 0 Å². The monoisotopic (exact) mass is 276 g/mol. The van der Waals surface area contributed by atoms with Crippen LogP contribution in [-0.4, -0.2) is 17.4 Å². The fourth-order valence-electron chi connectivity index (χ4n) is 2.10. The van der Waals surface area contributed by atoms with Crippen LogP contribution >= 0.6 is 0 Å². The van der Waals surface area contributed by atoms with Gasteiger partial charge in [0.1, 0.15) is 5.76 Å². The second-order valence-electron chi connectivity index (χ2n) is 5.11. The molecule has 3 nitrogen and oxygen atoms in total. The highest BCUT2D eigenvalue weighted by Crippen LogP contribution is 2.31. The van der Waals surface area contributed by atoms with Gasteiger partial charge in [-0.25, -0.2) is 9.18 Å². The molecule has 1 atom stereocenters. The lowest BCUT2D eigenvalue weighted by atomic mass is 9.95. The summed E-state index contributed by atoms with van der Waals surface area (Å²) in [6, 6.07) is 0. The molecule has 0 N–H and O–H groups in total. The van der Waals surface area contributed by atoms with E-state index < -0.39 is 17.4 Å². The smallest absolute Gasteiger partial charge is 0.344 e. The number of fused-ring (bicyclic) bond motifs is 1. The molecule has 0 saturated heterocycles. The summed E-state index contributed by atoms with van der Waals surface area (Å²) in [7, 11) is 0. The van der Waals surface area contributed by atoms with Crippen molar-refractivity contribution in [2.75, 3.05) is 0 Å². The van der Waals surface area contributed by atoms with Gasteiger partial charge in [0.25, 0.3) is 0 Å². The normalized spacial score (nSPS) is 20.1. The molecule has 20 heavy (non-hydrogen) atoms. The molecule has 0 aromatic rings. The number of allylic oxidation sites excluding steroid dienone is 4. The van der Waals surface area contributed by atoms with Gasteiger partial charge in [0.2, 0.25) is 0 Å². The number of esters is 1.